The van der Waals surface area contributed by atoms with Crippen molar-refractivity contribution in [3.05, 3.63) is 78.4 Å². The first kappa shape index (κ1) is 20.2. The van der Waals surface area contributed by atoms with E-state index < -0.39 is 5.92 Å². The molecule has 2 rings (SSSR count). The van der Waals surface area contributed by atoms with Crippen LogP contribution in [0.3, 0.4) is 0 Å². The van der Waals surface area contributed by atoms with Crippen LogP contribution in [0.5, 0.6) is 5.75 Å². The molecule has 142 valence electrons. The highest BCUT2D eigenvalue weighted by Crippen LogP contribution is 2.13. The third-order valence-electron chi connectivity index (χ3n) is 3.94. The lowest BCUT2D eigenvalue weighted by Crippen LogP contribution is -2.35. The SMILES string of the molecule is C=CCOc1ccc(C(=O)NCC(Cc2ccccc2)C(=O)OCC)cc1. The van der Waals surface area contributed by atoms with Crippen LogP contribution in [-0.2, 0) is 16.0 Å². The van der Waals surface area contributed by atoms with E-state index in [4.69, 9.17) is 9.47 Å². The van der Waals surface area contributed by atoms with Crippen LogP contribution in [0.15, 0.2) is 67.3 Å². The fourth-order valence-electron chi connectivity index (χ4n) is 2.57. The smallest absolute Gasteiger partial charge is 0.311 e. The van der Waals surface area contributed by atoms with Crippen LogP contribution in [0.4, 0.5) is 0 Å². The molecule has 0 bridgehead atoms. The Morgan fingerprint density at radius 3 is 2.44 bits per heavy atom. The van der Waals surface area contributed by atoms with Crippen LogP contribution in [0.25, 0.3) is 0 Å². The van der Waals surface area contributed by atoms with Gasteiger partial charge in [0.25, 0.3) is 5.91 Å². The van der Waals surface area contributed by atoms with Crippen molar-refractivity contribution in [3.63, 3.8) is 0 Å². The second-order valence-corrected chi connectivity index (χ2v) is 5.97. The van der Waals surface area contributed by atoms with E-state index in [-0.39, 0.29) is 18.4 Å². The molecule has 0 aliphatic rings. The first-order chi connectivity index (χ1) is 13.1. The first-order valence-electron chi connectivity index (χ1n) is 8.96. The molecule has 0 fully saturated rings. The summed E-state index contributed by atoms with van der Waals surface area (Å²) in [6.45, 7) is 6.29. The molecular formula is C22H25NO4. The number of hydrogen-bond acceptors (Lipinski definition) is 4. The molecule has 1 atom stereocenters. The van der Waals surface area contributed by atoms with Crippen molar-refractivity contribution in [3.8, 4) is 5.75 Å². The summed E-state index contributed by atoms with van der Waals surface area (Å²) in [6, 6.07) is 16.5. The zero-order valence-corrected chi connectivity index (χ0v) is 15.5. The minimum Gasteiger partial charge on any atom is -0.490 e. The molecule has 0 aromatic heterocycles. The van der Waals surface area contributed by atoms with Gasteiger partial charge in [-0.05, 0) is 43.2 Å². The molecule has 5 nitrogen and oxygen atoms in total. The average molecular weight is 367 g/mol. The van der Waals surface area contributed by atoms with Crippen molar-refractivity contribution < 1.29 is 19.1 Å². The largest absolute Gasteiger partial charge is 0.490 e. The summed E-state index contributed by atoms with van der Waals surface area (Å²) in [5.74, 6) is -0.325. The number of carbonyl (C=O) groups excluding carboxylic acids is 2. The maximum atomic E-state index is 12.4. The number of hydrogen-bond donors (Lipinski definition) is 1. The lowest BCUT2D eigenvalue weighted by molar-refractivity contribution is -0.147. The molecule has 0 spiro atoms. The maximum absolute atomic E-state index is 12.4. The van der Waals surface area contributed by atoms with Gasteiger partial charge in [0.05, 0.1) is 12.5 Å². The predicted octanol–water partition coefficient (Wildman–Crippen LogP) is 3.40. The summed E-state index contributed by atoms with van der Waals surface area (Å²) >= 11 is 0. The molecule has 2 aromatic rings. The van der Waals surface area contributed by atoms with Crippen molar-refractivity contribution in [1.29, 1.82) is 0 Å². The van der Waals surface area contributed by atoms with Crippen molar-refractivity contribution >= 4 is 11.9 Å². The predicted molar refractivity (Wildman–Crippen MR) is 105 cm³/mol. The number of amides is 1. The molecule has 0 saturated heterocycles. The van der Waals surface area contributed by atoms with Gasteiger partial charge in [-0.1, -0.05) is 43.0 Å². The summed E-state index contributed by atoms with van der Waals surface area (Å²) in [6.07, 6.45) is 2.16. The Balaban J connectivity index is 1.97. The van der Waals surface area contributed by atoms with Crippen LogP contribution < -0.4 is 10.1 Å². The minimum absolute atomic E-state index is 0.210. The Morgan fingerprint density at radius 1 is 1.11 bits per heavy atom. The first-order valence-corrected chi connectivity index (χ1v) is 8.96. The van der Waals surface area contributed by atoms with Gasteiger partial charge in [-0.3, -0.25) is 9.59 Å². The molecule has 0 aliphatic carbocycles. The highest BCUT2D eigenvalue weighted by atomic mass is 16.5. The molecule has 5 heteroatoms. The Labute approximate surface area is 160 Å². The van der Waals surface area contributed by atoms with E-state index in [0.717, 1.165) is 5.56 Å². The van der Waals surface area contributed by atoms with Crippen LogP contribution >= 0.6 is 0 Å². The fourth-order valence-corrected chi connectivity index (χ4v) is 2.57. The van der Waals surface area contributed by atoms with E-state index >= 15 is 0 Å². The van der Waals surface area contributed by atoms with Crippen molar-refractivity contribution in [2.45, 2.75) is 13.3 Å². The number of ether oxygens (including phenoxy) is 2. The van der Waals surface area contributed by atoms with E-state index in [2.05, 4.69) is 11.9 Å². The van der Waals surface area contributed by atoms with Crippen LogP contribution in [0.1, 0.15) is 22.8 Å². The zero-order valence-electron chi connectivity index (χ0n) is 15.5. The summed E-state index contributed by atoms with van der Waals surface area (Å²) < 4.78 is 10.6. The fraction of sp³-hybridized carbons (Fsp3) is 0.273. The quantitative estimate of drug-likeness (QED) is 0.516. The molecule has 27 heavy (non-hydrogen) atoms. The number of benzene rings is 2. The summed E-state index contributed by atoms with van der Waals surface area (Å²) in [4.78, 5) is 24.6. The molecule has 0 aliphatic heterocycles. The Hall–Kier alpha value is -3.08. The molecule has 1 unspecified atom stereocenters. The number of rotatable bonds is 10. The zero-order chi connectivity index (χ0) is 19.5. The molecule has 1 N–H and O–H groups in total. The number of carbonyl (C=O) groups is 2. The molecule has 1 amide bonds. The lowest BCUT2D eigenvalue weighted by atomic mass is 9.99. The van der Waals surface area contributed by atoms with Gasteiger partial charge in [0.2, 0.25) is 0 Å². The number of nitrogens with one attached hydrogen (secondary N) is 1. The molecule has 0 radical (unpaired) electrons. The van der Waals surface area contributed by atoms with Crippen molar-refractivity contribution in [2.24, 2.45) is 5.92 Å². The Bertz CT molecular complexity index is 741. The topological polar surface area (TPSA) is 64.6 Å². The van der Waals surface area contributed by atoms with Gasteiger partial charge < -0.3 is 14.8 Å². The number of esters is 1. The van der Waals surface area contributed by atoms with Crippen molar-refractivity contribution in [2.75, 3.05) is 19.8 Å². The van der Waals surface area contributed by atoms with E-state index in [1.165, 1.54) is 0 Å². The van der Waals surface area contributed by atoms with Gasteiger partial charge in [-0.15, -0.1) is 0 Å². The summed E-state index contributed by atoms with van der Waals surface area (Å²) in [5, 5.41) is 2.82. The minimum atomic E-state index is -0.438. The van der Waals surface area contributed by atoms with Crippen molar-refractivity contribution in [1.82, 2.24) is 5.32 Å². The standard InChI is InChI=1S/C22H25NO4/c1-3-14-27-20-12-10-18(11-13-20)21(24)23-16-19(22(25)26-4-2)15-17-8-6-5-7-9-17/h3,5-13,19H,1,4,14-16H2,2H3,(H,23,24). The van der Waals surface area contributed by atoms with Gasteiger partial charge in [0.15, 0.2) is 0 Å². The maximum Gasteiger partial charge on any atom is 0.311 e. The highest BCUT2D eigenvalue weighted by molar-refractivity contribution is 5.94. The van der Waals surface area contributed by atoms with Gasteiger partial charge in [0, 0.05) is 12.1 Å². The lowest BCUT2D eigenvalue weighted by Gasteiger charge is -2.16. The monoisotopic (exact) mass is 367 g/mol. The normalized spacial score (nSPS) is 11.3. The third-order valence-corrected chi connectivity index (χ3v) is 3.94. The summed E-state index contributed by atoms with van der Waals surface area (Å²) in [7, 11) is 0. The molecule has 0 heterocycles. The van der Waals surface area contributed by atoms with E-state index in [1.807, 2.05) is 30.3 Å². The van der Waals surface area contributed by atoms with E-state index in [0.29, 0.717) is 30.9 Å². The Morgan fingerprint density at radius 2 is 1.81 bits per heavy atom. The second-order valence-electron chi connectivity index (χ2n) is 5.97. The molecular weight excluding hydrogens is 342 g/mol. The van der Waals surface area contributed by atoms with Crippen LogP contribution in [-0.4, -0.2) is 31.6 Å². The summed E-state index contributed by atoms with van der Waals surface area (Å²) in [5.41, 5.74) is 1.52. The van der Waals surface area contributed by atoms with Crippen LogP contribution in [0.2, 0.25) is 0 Å². The van der Waals surface area contributed by atoms with E-state index in [1.54, 1.807) is 37.3 Å². The van der Waals surface area contributed by atoms with Gasteiger partial charge >= 0.3 is 5.97 Å². The molecule has 0 saturated carbocycles. The van der Waals surface area contributed by atoms with Gasteiger partial charge in [0.1, 0.15) is 12.4 Å². The van der Waals surface area contributed by atoms with Crippen LogP contribution in [0, 0.1) is 5.92 Å². The molecule has 2 aromatic carbocycles. The van der Waals surface area contributed by atoms with Gasteiger partial charge in [-0.25, -0.2) is 0 Å². The third kappa shape index (κ3) is 6.62. The van der Waals surface area contributed by atoms with E-state index in [9.17, 15) is 9.59 Å². The second kappa shape index (κ2) is 10.8. The van der Waals surface area contributed by atoms with Gasteiger partial charge in [-0.2, -0.15) is 0 Å². The Kier molecular flexibility index (Phi) is 8.10. The average Bonchev–Trinajstić information content (AvgIpc) is 2.70. The highest BCUT2D eigenvalue weighted by Gasteiger charge is 2.21.